The molecule has 6 nitrogen and oxygen atoms in total. The Hall–Kier alpha value is -2.60. The van der Waals surface area contributed by atoms with E-state index in [9.17, 15) is 4.79 Å². The van der Waals surface area contributed by atoms with Crippen LogP contribution < -0.4 is 20.8 Å². The van der Waals surface area contributed by atoms with Gasteiger partial charge in [-0.25, -0.2) is 0 Å². The first kappa shape index (κ1) is 19.2. The summed E-state index contributed by atoms with van der Waals surface area (Å²) in [7, 11) is 3.37. The molecule has 0 saturated carbocycles. The van der Waals surface area contributed by atoms with E-state index < -0.39 is 0 Å². The third-order valence-corrected chi connectivity index (χ3v) is 4.82. The molecule has 2 N–H and O–H groups in total. The summed E-state index contributed by atoms with van der Waals surface area (Å²) in [6.07, 6.45) is 2.60. The summed E-state index contributed by atoms with van der Waals surface area (Å²) in [4.78, 5) is 17.1. The second-order valence-electron chi connectivity index (χ2n) is 7.40. The van der Waals surface area contributed by atoms with Crippen LogP contribution in [0.25, 0.3) is 21.7 Å². The smallest absolute Gasteiger partial charge is 0.260 e. The number of aryl methyl sites for hydroxylation is 2. The van der Waals surface area contributed by atoms with Gasteiger partial charge >= 0.3 is 0 Å². The first-order valence-corrected chi connectivity index (χ1v) is 9.18. The first-order valence-electron chi connectivity index (χ1n) is 9.18. The number of nitrogens with two attached hydrogens (primary N) is 1. The zero-order chi connectivity index (χ0) is 19.7. The van der Waals surface area contributed by atoms with E-state index >= 15 is 0 Å². The summed E-state index contributed by atoms with van der Waals surface area (Å²) in [5.41, 5.74) is 7.57. The van der Waals surface area contributed by atoms with E-state index in [4.69, 9.17) is 15.2 Å². The van der Waals surface area contributed by atoms with Crippen LogP contribution in [0.4, 0.5) is 0 Å². The zero-order valence-electron chi connectivity index (χ0n) is 16.6. The van der Waals surface area contributed by atoms with Gasteiger partial charge in [-0.3, -0.25) is 9.78 Å². The molecule has 3 rings (SSSR count). The molecule has 0 saturated heterocycles. The Balaban J connectivity index is 2.14. The quantitative estimate of drug-likeness (QED) is 0.675. The highest BCUT2D eigenvalue weighted by molar-refractivity contribution is 6.07. The van der Waals surface area contributed by atoms with E-state index in [1.54, 1.807) is 24.9 Å². The maximum Gasteiger partial charge on any atom is 0.260 e. The number of methoxy groups -OCH3 is 1. The first-order chi connectivity index (χ1) is 12.8. The maximum atomic E-state index is 12.8. The highest BCUT2D eigenvalue weighted by Crippen LogP contribution is 2.35. The molecule has 1 aromatic carbocycles. The molecule has 0 bridgehead atoms. The lowest BCUT2D eigenvalue weighted by Gasteiger charge is -2.18. The van der Waals surface area contributed by atoms with Crippen molar-refractivity contribution in [3.05, 3.63) is 40.4 Å². The van der Waals surface area contributed by atoms with Crippen LogP contribution >= 0.6 is 0 Å². The van der Waals surface area contributed by atoms with Crippen molar-refractivity contribution in [2.75, 3.05) is 13.7 Å². The van der Waals surface area contributed by atoms with Crippen LogP contribution in [-0.4, -0.2) is 29.3 Å². The van der Waals surface area contributed by atoms with Gasteiger partial charge in [0, 0.05) is 36.1 Å². The average molecular weight is 369 g/mol. The summed E-state index contributed by atoms with van der Waals surface area (Å²) < 4.78 is 13.1. The van der Waals surface area contributed by atoms with Gasteiger partial charge in [-0.1, -0.05) is 13.8 Å². The molecule has 0 aliphatic rings. The molecule has 2 heterocycles. The second kappa shape index (κ2) is 7.56. The van der Waals surface area contributed by atoms with Crippen molar-refractivity contribution in [2.45, 2.75) is 33.2 Å². The van der Waals surface area contributed by atoms with E-state index in [2.05, 4.69) is 18.8 Å². The molecular formula is C21H27N3O3. The van der Waals surface area contributed by atoms with Crippen LogP contribution in [-0.2, 0) is 7.05 Å². The van der Waals surface area contributed by atoms with Crippen molar-refractivity contribution in [3.8, 4) is 11.5 Å². The number of ether oxygens (including phenoxy) is 2. The lowest BCUT2D eigenvalue weighted by molar-refractivity contribution is 0.258. The third-order valence-electron chi connectivity index (χ3n) is 4.82. The van der Waals surface area contributed by atoms with Crippen molar-refractivity contribution in [1.29, 1.82) is 0 Å². The highest BCUT2D eigenvalue weighted by atomic mass is 16.5. The number of nitrogens with zero attached hydrogens (tertiary/aromatic N) is 2. The van der Waals surface area contributed by atoms with E-state index in [-0.39, 0.29) is 11.6 Å². The van der Waals surface area contributed by atoms with E-state index in [0.29, 0.717) is 35.1 Å². The SMILES string of the molecule is COc1cc2c3ccnc(C)c3c(=O)n(C)c2cc1OCC(N)CC(C)C. The standard InChI is InChI=1S/C21H27N3O3/c1-12(2)8-14(22)11-27-19-10-17-16(9-18(19)26-5)15-6-7-23-13(3)20(15)21(25)24(17)4/h6-7,9-10,12,14H,8,11,22H2,1-5H3. The maximum absolute atomic E-state index is 12.8. The summed E-state index contributed by atoms with van der Waals surface area (Å²) >= 11 is 0. The van der Waals surface area contributed by atoms with E-state index in [0.717, 1.165) is 22.7 Å². The minimum Gasteiger partial charge on any atom is -0.493 e. The molecule has 0 aliphatic heterocycles. The molecule has 0 aliphatic carbocycles. The minimum absolute atomic E-state index is 0.0560. The van der Waals surface area contributed by atoms with Crippen molar-refractivity contribution in [1.82, 2.24) is 9.55 Å². The van der Waals surface area contributed by atoms with Crippen molar-refractivity contribution in [2.24, 2.45) is 18.7 Å². The number of aromatic nitrogens is 2. The lowest BCUT2D eigenvalue weighted by Crippen LogP contribution is -2.29. The fourth-order valence-corrected chi connectivity index (χ4v) is 3.52. The Kier molecular flexibility index (Phi) is 5.37. The average Bonchev–Trinajstić information content (AvgIpc) is 2.63. The molecule has 0 spiro atoms. The van der Waals surface area contributed by atoms with Gasteiger partial charge in [-0.15, -0.1) is 0 Å². The molecule has 2 aromatic heterocycles. The zero-order valence-corrected chi connectivity index (χ0v) is 16.6. The molecule has 144 valence electrons. The van der Waals surface area contributed by atoms with Crippen LogP contribution in [0, 0.1) is 12.8 Å². The second-order valence-corrected chi connectivity index (χ2v) is 7.40. The highest BCUT2D eigenvalue weighted by Gasteiger charge is 2.16. The number of hydrogen-bond donors (Lipinski definition) is 1. The molecule has 1 atom stereocenters. The summed E-state index contributed by atoms with van der Waals surface area (Å²) in [5, 5.41) is 2.41. The normalized spacial score (nSPS) is 12.7. The van der Waals surface area contributed by atoms with Crippen LogP contribution in [0.1, 0.15) is 26.0 Å². The lowest BCUT2D eigenvalue weighted by atomic mass is 10.0. The molecule has 27 heavy (non-hydrogen) atoms. The van der Waals surface area contributed by atoms with Crippen molar-refractivity contribution >= 4 is 21.7 Å². The van der Waals surface area contributed by atoms with Gasteiger partial charge in [0.2, 0.25) is 0 Å². The topological polar surface area (TPSA) is 79.4 Å². The Bertz CT molecular complexity index is 1040. The summed E-state index contributed by atoms with van der Waals surface area (Å²) in [5.74, 6) is 1.71. The Morgan fingerprint density at radius 1 is 1.22 bits per heavy atom. The van der Waals surface area contributed by atoms with Crippen molar-refractivity contribution in [3.63, 3.8) is 0 Å². The summed E-state index contributed by atoms with van der Waals surface area (Å²) in [6.45, 7) is 6.51. The molecule has 0 fully saturated rings. The Morgan fingerprint density at radius 2 is 1.96 bits per heavy atom. The molecule has 0 amide bonds. The van der Waals surface area contributed by atoms with E-state index in [1.165, 1.54) is 0 Å². The number of rotatable bonds is 6. The largest absolute Gasteiger partial charge is 0.493 e. The van der Waals surface area contributed by atoms with Crippen LogP contribution in [0.3, 0.4) is 0 Å². The Labute approximate surface area is 158 Å². The van der Waals surface area contributed by atoms with Gasteiger partial charge in [0.15, 0.2) is 11.5 Å². The van der Waals surface area contributed by atoms with Crippen molar-refractivity contribution < 1.29 is 9.47 Å². The molecular weight excluding hydrogens is 342 g/mol. The third kappa shape index (κ3) is 3.62. The van der Waals surface area contributed by atoms with Gasteiger partial charge in [0.25, 0.3) is 5.56 Å². The predicted molar refractivity (Wildman–Crippen MR) is 109 cm³/mol. The number of fused-ring (bicyclic) bond motifs is 3. The number of hydrogen-bond acceptors (Lipinski definition) is 5. The van der Waals surface area contributed by atoms with Gasteiger partial charge < -0.3 is 19.8 Å². The monoisotopic (exact) mass is 369 g/mol. The molecule has 1 unspecified atom stereocenters. The predicted octanol–water partition coefficient (Wildman–Crippen LogP) is 3.16. The van der Waals surface area contributed by atoms with Gasteiger partial charge in [0.1, 0.15) is 6.61 Å². The molecule has 0 radical (unpaired) electrons. The van der Waals surface area contributed by atoms with E-state index in [1.807, 2.05) is 25.1 Å². The van der Waals surface area contributed by atoms with Crippen LogP contribution in [0.2, 0.25) is 0 Å². The number of benzene rings is 1. The Morgan fingerprint density at radius 3 is 2.63 bits per heavy atom. The molecule has 6 heteroatoms. The van der Waals surface area contributed by atoms with Gasteiger partial charge in [-0.2, -0.15) is 0 Å². The molecule has 3 aromatic rings. The van der Waals surface area contributed by atoms with Gasteiger partial charge in [-0.05, 0) is 31.4 Å². The van der Waals surface area contributed by atoms with Crippen LogP contribution in [0.15, 0.2) is 29.2 Å². The number of pyridine rings is 2. The fourth-order valence-electron chi connectivity index (χ4n) is 3.52. The van der Waals surface area contributed by atoms with Gasteiger partial charge in [0.05, 0.1) is 23.7 Å². The summed E-state index contributed by atoms with van der Waals surface area (Å²) in [6, 6.07) is 5.58. The van der Waals surface area contributed by atoms with Crippen LogP contribution in [0.5, 0.6) is 11.5 Å². The minimum atomic E-state index is -0.0734. The fraction of sp³-hybridized carbons (Fsp3) is 0.429.